The number of thioether (sulfide) groups is 1. The number of thiocarbonyl (C=S) groups is 1. The SMILES string of the molecule is C=CCOc1ccc(C=C2SC(=S)N(Nc3ccc([N+](=O)[O-])cc3[N+](=O)[O-])C2=O)cc1. The van der Waals surface area contributed by atoms with Crippen molar-refractivity contribution >= 4 is 57.3 Å². The Hall–Kier alpha value is -3.77. The van der Waals surface area contributed by atoms with Gasteiger partial charge < -0.3 is 4.74 Å². The molecule has 31 heavy (non-hydrogen) atoms. The van der Waals surface area contributed by atoms with Crippen LogP contribution in [0.25, 0.3) is 6.08 Å². The van der Waals surface area contributed by atoms with E-state index in [1.54, 1.807) is 36.4 Å². The van der Waals surface area contributed by atoms with E-state index in [4.69, 9.17) is 17.0 Å². The van der Waals surface area contributed by atoms with Crippen LogP contribution in [0.4, 0.5) is 17.1 Å². The first kappa shape index (κ1) is 21.9. The van der Waals surface area contributed by atoms with Crippen LogP contribution in [0.15, 0.2) is 60.0 Å². The molecular weight excluding hydrogens is 444 g/mol. The Morgan fingerprint density at radius 3 is 2.48 bits per heavy atom. The van der Waals surface area contributed by atoms with E-state index in [1.165, 1.54) is 0 Å². The minimum Gasteiger partial charge on any atom is -0.490 e. The van der Waals surface area contributed by atoms with Crippen molar-refractivity contribution in [1.29, 1.82) is 0 Å². The molecule has 1 saturated heterocycles. The highest BCUT2D eigenvalue weighted by Crippen LogP contribution is 2.35. The highest BCUT2D eigenvalue weighted by molar-refractivity contribution is 8.26. The molecule has 12 heteroatoms. The van der Waals surface area contributed by atoms with Gasteiger partial charge in [-0.2, -0.15) is 0 Å². The molecule has 0 radical (unpaired) electrons. The Bertz CT molecular complexity index is 1120. The molecule has 1 N–H and O–H groups in total. The van der Waals surface area contributed by atoms with Crippen molar-refractivity contribution in [3.05, 3.63) is 85.8 Å². The Balaban J connectivity index is 1.81. The number of carbonyl (C=O) groups is 1. The third-order valence-corrected chi connectivity index (χ3v) is 5.26. The minimum absolute atomic E-state index is 0.100. The molecule has 10 nitrogen and oxygen atoms in total. The normalized spacial score (nSPS) is 14.6. The first-order valence-corrected chi connectivity index (χ1v) is 9.84. The van der Waals surface area contributed by atoms with Gasteiger partial charge in [-0.3, -0.25) is 30.4 Å². The smallest absolute Gasteiger partial charge is 0.300 e. The summed E-state index contributed by atoms with van der Waals surface area (Å²) in [6, 6.07) is 10.1. The number of anilines is 1. The molecule has 0 bridgehead atoms. The minimum atomic E-state index is -0.779. The van der Waals surface area contributed by atoms with Gasteiger partial charge in [0.2, 0.25) is 0 Å². The molecule has 3 rings (SSSR count). The molecule has 2 aromatic rings. The maximum atomic E-state index is 12.8. The van der Waals surface area contributed by atoms with Crippen LogP contribution in [0.3, 0.4) is 0 Å². The van der Waals surface area contributed by atoms with Gasteiger partial charge >= 0.3 is 5.69 Å². The molecule has 0 spiro atoms. The molecule has 1 aliphatic rings. The molecule has 1 fully saturated rings. The lowest BCUT2D eigenvalue weighted by atomic mass is 10.2. The fourth-order valence-corrected chi connectivity index (χ4v) is 3.71. The Morgan fingerprint density at radius 1 is 1.16 bits per heavy atom. The summed E-state index contributed by atoms with van der Waals surface area (Å²) in [6.07, 6.45) is 3.25. The maximum absolute atomic E-state index is 12.8. The molecule has 1 heterocycles. The number of nitro benzene ring substituents is 2. The van der Waals surface area contributed by atoms with Crippen molar-refractivity contribution in [3.63, 3.8) is 0 Å². The highest BCUT2D eigenvalue weighted by atomic mass is 32.2. The maximum Gasteiger partial charge on any atom is 0.300 e. The van der Waals surface area contributed by atoms with Gasteiger partial charge in [0.25, 0.3) is 11.6 Å². The molecule has 0 aliphatic carbocycles. The number of rotatable bonds is 8. The number of carbonyl (C=O) groups excluding carboxylic acids is 1. The van der Waals surface area contributed by atoms with Gasteiger partial charge in [-0.05, 0) is 42.1 Å². The number of hydrogen-bond donors (Lipinski definition) is 1. The number of ether oxygens (including phenoxy) is 1. The van der Waals surface area contributed by atoms with E-state index in [9.17, 15) is 25.0 Å². The van der Waals surface area contributed by atoms with Crippen LogP contribution in [0.2, 0.25) is 0 Å². The second kappa shape index (κ2) is 9.36. The molecule has 0 atom stereocenters. The zero-order chi connectivity index (χ0) is 22.5. The van der Waals surface area contributed by atoms with E-state index >= 15 is 0 Å². The average molecular weight is 458 g/mol. The van der Waals surface area contributed by atoms with Crippen LogP contribution >= 0.6 is 24.0 Å². The van der Waals surface area contributed by atoms with E-state index in [0.717, 1.165) is 40.5 Å². The molecular formula is C19H14N4O6S2. The largest absolute Gasteiger partial charge is 0.490 e. The second-order valence-corrected chi connectivity index (χ2v) is 7.69. The molecule has 2 aromatic carbocycles. The second-order valence-electron chi connectivity index (χ2n) is 6.01. The standard InChI is InChI=1S/C19H14N4O6S2/c1-2-9-29-14-6-3-12(4-7-14)10-17-18(24)21(19(30)31-17)20-15-8-5-13(22(25)26)11-16(15)23(27)28/h2-8,10-11,20H,1,9H2. The Labute approximate surface area is 185 Å². The van der Waals surface area contributed by atoms with Crippen LogP contribution in [0.1, 0.15) is 5.56 Å². The molecule has 1 aliphatic heterocycles. The third-order valence-electron chi connectivity index (χ3n) is 3.96. The summed E-state index contributed by atoms with van der Waals surface area (Å²) >= 11 is 6.23. The number of hydrogen-bond acceptors (Lipinski definition) is 9. The van der Waals surface area contributed by atoms with Crippen LogP contribution in [0, 0.1) is 20.2 Å². The van der Waals surface area contributed by atoms with Crippen molar-refractivity contribution in [2.75, 3.05) is 12.0 Å². The molecule has 0 saturated carbocycles. The van der Waals surface area contributed by atoms with Crippen LogP contribution in [-0.4, -0.2) is 31.7 Å². The number of hydrazine groups is 1. The van der Waals surface area contributed by atoms with E-state index in [2.05, 4.69) is 12.0 Å². The van der Waals surface area contributed by atoms with Crippen molar-refractivity contribution < 1.29 is 19.4 Å². The quantitative estimate of drug-likeness (QED) is 0.202. The summed E-state index contributed by atoms with van der Waals surface area (Å²) in [7, 11) is 0. The van der Waals surface area contributed by atoms with Gasteiger partial charge in [-0.15, -0.1) is 0 Å². The summed E-state index contributed by atoms with van der Waals surface area (Å²) < 4.78 is 5.54. The molecule has 0 unspecified atom stereocenters. The van der Waals surface area contributed by atoms with Crippen LogP contribution in [-0.2, 0) is 4.79 Å². The summed E-state index contributed by atoms with van der Waals surface area (Å²) in [5, 5.41) is 23.2. The fourth-order valence-electron chi connectivity index (χ4n) is 2.53. The van der Waals surface area contributed by atoms with Crippen LogP contribution < -0.4 is 10.2 Å². The van der Waals surface area contributed by atoms with E-state index < -0.39 is 27.1 Å². The van der Waals surface area contributed by atoms with Gasteiger partial charge in [0.05, 0.1) is 20.8 Å². The summed E-state index contributed by atoms with van der Waals surface area (Å²) in [5.41, 5.74) is 2.23. The lowest BCUT2D eigenvalue weighted by molar-refractivity contribution is -0.393. The number of non-ortho nitro benzene ring substituents is 1. The van der Waals surface area contributed by atoms with Crippen molar-refractivity contribution in [2.45, 2.75) is 0 Å². The average Bonchev–Trinajstić information content (AvgIpc) is 3.00. The first-order chi connectivity index (χ1) is 14.8. The van der Waals surface area contributed by atoms with E-state index in [-0.39, 0.29) is 10.0 Å². The Morgan fingerprint density at radius 2 is 1.87 bits per heavy atom. The van der Waals surface area contributed by atoms with E-state index in [1.807, 2.05) is 0 Å². The van der Waals surface area contributed by atoms with Gasteiger partial charge in [0.15, 0.2) is 4.32 Å². The monoisotopic (exact) mass is 458 g/mol. The molecule has 158 valence electrons. The number of nitrogens with zero attached hydrogens (tertiary/aromatic N) is 3. The van der Waals surface area contributed by atoms with Crippen molar-refractivity contribution in [1.82, 2.24) is 5.01 Å². The van der Waals surface area contributed by atoms with Gasteiger partial charge in [-0.25, -0.2) is 5.01 Å². The zero-order valence-corrected chi connectivity index (χ0v) is 17.4. The summed E-state index contributed by atoms with van der Waals surface area (Å²) in [6.45, 7) is 3.95. The third kappa shape index (κ3) is 5.05. The first-order valence-electron chi connectivity index (χ1n) is 8.61. The number of nitro groups is 2. The molecule has 1 amide bonds. The highest BCUT2D eigenvalue weighted by Gasteiger charge is 2.34. The van der Waals surface area contributed by atoms with Gasteiger partial charge in [-0.1, -0.05) is 36.5 Å². The Kier molecular flexibility index (Phi) is 6.62. The lowest BCUT2D eigenvalue weighted by Crippen LogP contribution is -2.34. The van der Waals surface area contributed by atoms with E-state index in [0.29, 0.717) is 17.3 Å². The number of nitrogens with one attached hydrogen (secondary N) is 1. The fraction of sp³-hybridized carbons (Fsp3) is 0.0526. The van der Waals surface area contributed by atoms with Gasteiger partial charge in [0.1, 0.15) is 18.0 Å². The summed E-state index contributed by atoms with van der Waals surface area (Å²) in [5.74, 6) is 0.145. The lowest BCUT2D eigenvalue weighted by Gasteiger charge is -2.16. The number of amides is 1. The predicted molar refractivity (Wildman–Crippen MR) is 121 cm³/mol. The molecule has 0 aromatic heterocycles. The van der Waals surface area contributed by atoms with Crippen molar-refractivity contribution in [3.8, 4) is 5.75 Å². The topological polar surface area (TPSA) is 128 Å². The van der Waals surface area contributed by atoms with Crippen molar-refractivity contribution in [2.24, 2.45) is 0 Å². The van der Waals surface area contributed by atoms with Gasteiger partial charge in [0, 0.05) is 6.07 Å². The summed E-state index contributed by atoms with van der Waals surface area (Å²) in [4.78, 5) is 33.7. The van der Waals surface area contributed by atoms with Crippen LogP contribution in [0.5, 0.6) is 5.75 Å². The predicted octanol–water partition coefficient (Wildman–Crippen LogP) is 4.30. The zero-order valence-electron chi connectivity index (χ0n) is 15.7. The number of benzene rings is 2.